The molecular weight excluding hydrogens is 299 g/mol. The van der Waals surface area contributed by atoms with Crippen LogP contribution in [0.15, 0.2) is 24.3 Å². The van der Waals surface area contributed by atoms with E-state index in [1.807, 2.05) is 0 Å². The first kappa shape index (κ1) is 17.4. The summed E-state index contributed by atoms with van der Waals surface area (Å²) in [5.74, 6) is -0.398. The lowest BCUT2D eigenvalue weighted by molar-refractivity contribution is -0.126. The van der Waals surface area contributed by atoms with E-state index < -0.39 is 6.10 Å². The minimum absolute atomic E-state index is 0.0168. The van der Waals surface area contributed by atoms with Crippen molar-refractivity contribution in [3.05, 3.63) is 35.6 Å². The van der Waals surface area contributed by atoms with Crippen molar-refractivity contribution >= 4 is 11.8 Å². The Balaban J connectivity index is 1.64. The molecule has 2 amide bonds. The minimum Gasteiger partial charge on any atom is -0.387 e. The molecule has 23 heavy (non-hydrogen) atoms. The number of aliphatic hydroxyl groups is 1. The van der Waals surface area contributed by atoms with Crippen LogP contribution in [0.5, 0.6) is 0 Å². The summed E-state index contributed by atoms with van der Waals surface area (Å²) in [5, 5.41) is 15.0. The summed E-state index contributed by atoms with van der Waals surface area (Å²) >= 11 is 0. The number of aliphatic hydroxyl groups excluding tert-OH is 1. The lowest BCUT2D eigenvalue weighted by atomic mass is 10.0. The number of halogens is 1. The third-order valence-electron chi connectivity index (χ3n) is 4.14. The molecule has 3 N–H and O–H groups in total. The van der Waals surface area contributed by atoms with Gasteiger partial charge in [-0.1, -0.05) is 25.0 Å². The first-order valence-electron chi connectivity index (χ1n) is 8.01. The molecule has 1 aliphatic rings. The number of hydrogen-bond acceptors (Lipinski definition) is 3. The van der Waals surface area contributed by atoms with Crippen molar-refractivity contribution in [2.24, 2.45) is 5.92 Å². The van der Waals surface area contributed by atoms with Crippen LogP contribution in [0.3, 0.4) is 0 Å². The summed E-state index contributed by atoms with van der Waals surface area (Å²) in [6.45, 7) is -0.0787. The van der Waals surface area contributed by atoms with Crippen LogP contribution in [0.25, 0.3) is 0 Å². The summed E-state index contributed by atoms with van der Waals surface area (Å²) in [6, 6.07) is 5.44. The topological polar surface area (TPSA) is 78.4 Å². The fourth-order valence-electron chi connectivity index (χ4n) is 2.80. The lowest BCUT2D eigenvalue weighted by Gasteiger charge is -2.13. The number of amides is 2. The van der Waals surface area contributed by atoms with Gasteiger partial charge in [-0.2, -0.15) is 0 Å². The maximum atomic E-state index is 12.8. The first-order chi connectivity index (χ1) is 11.0. The van der Waals surface area contributed by atoms with E-state index in [0.29, 0.717) is 17.9 Å². The van der Waals surface area contributed by atoms with Crippen LogP contribution in [0.2, 0.25) is 0 Å². The molecule has 0 spiro atoms. The van der Waals surface area contributed by atoms with Crippen molar-refractivity contribution in [3.8, 4) is 0 Å². The largest absolute Gasteiger partial charge is 0.387 e. The molecule has 1 saturated carbocycles. The van der Waals surface area contributed by atoms with Crippen molar-refractivity contribution in [1.29, 1.82) is 0 Å². The van der Waals surface area contributed by atoms with E-state index >= 15 is 0 Å². The van der Waals surface area contributed by atoms with E-state index in [1.165, 1.54) is 37.1 Å². The van der Waals surface area contributed by atoms with E-state index in [-0.39, 0.29) is 30.7 Å². The summed E-state index contributed by atoms with van der Waals surface area (Å²) < 4.78 is 12.8. The summed E-state index contributed by atoms with van der Waals surface area (Å²) in [6.07, 6.45) is 4.10. The van der Waals surface area contributed by atoms with Gasteiger partial charge >= 0.3 is 0 Å². The fourth-order valence-corrected chi connectivity index (χ4v) is 2.80. The molecule has 1 aromatic rings. The summed E-state index contributed by atoms with van der Waals surface area (Å²) in [4.78, 5) is 23.4. The van der Waals surface area contributed by atoms with Crippen LogP contribution in [-0.4, -0.2) is 30.0 Å². The predicted molar refractivity (Wildman–Crippen MR) is 84.0 cm³/mol. The zero-order chi connectivity index (χ0) is 16.7. The Bertz CT molecular complexity index is 527. The quantitative estimate of drug-likeness (QED) is 0.714. The van der Waals surface area contributed by atoms with E-state index in [9.17, 15) is 19.1 Å². The summed E-state index contributed by atoms with van der Waals surface area (Å²) in [7, 11) is 0. The van der Waals surface area contributed by atoms with Gasteiger partial charge in [0, 0.05) is 13.0 Å². The third-order valence-corrected chi connectivity index (χ3v) is 4.14. The van der Waals surface area contributed by atoms with Gasteiger partial charge < -0.3 is 15.7 Å². The Morgan fingerprint density at radius 2 is 1.78 bits per heavy atom. The van der Waals surface area contributed by atoms with Crippen molar-refractivity contribution in [2.75, 3.05) is 13.1 Å². The summed E-state index contributed by atoms with van der Waals surface area (Å²) in [5.41, 5.74) is 0.525. The molecule has 0 bridgehead atoms. The van der Waals surface area contributed by atoms with Gasteiger partial charge in [0.15, 0.2) is 0 Å². The van der Waals surface area contributed by atoms with E-state index in [2.05, 4.69) is 10.6 Å². The molecule has 126 valence electrons. The molecule has 0 saturated heterocycles. The molecule has 1 atom stereocenters. The molecule has 2 rings (SSSR count). The molecule has 0 aliphatic heterocycles. The van der Waals surface area contributed by atoms with E-state index in [0.717, 1.165) is 12.8 Å². The van der Waals surface area contributed by atoms with Crippen molar-refractivity contribution in [3.63, 3.8) is 0 Å². The SMILES string of the molecule is O=C(CNC(=O)CC1CCCC1)NCC(O)c1ccc(F)cc1. The number of carbonyl (C=O) groups excluding carboxylic acids is 2. The molecule has 1 unspecified atom stereocenters. The second-order valence-electron chi connectivity index (χ2n) is 6.00. The second kappa shape index (κ2) is 8.62. The maximum absolute atomic E-state index is 12.8. The van der Waals surface area contributed by atoms with Crippen LogP contribution in [0.1, 0.15) is 43.8 Å². The van der Waals surface area contributed by atoms with E-state index in [1.54, 1.807) is 0 Å². The molecular formula is C17H23FN2O3. The number of nitrogens with one attached hydrogen (secondary N) is 2. The highest BCUT2D eigenvalue weighted by Crippen LogP contribution is 2.27. The minimum atomic E-state index is -0.909. The maximum Gasteiger partial charge on any atom is 0.239 e. The van der Waals surface area contributed by atoms with E-state index in [4.69, 9.17) is 0 Å². The van der Waals surface area contributed by atoms with Crippen LogP contribution in [-0.2, 0) is 9.59 Å². The Morgan fingerprint density at radius 1 is 1.13 bits per heavy atom. The number of carbonyl (C=O) groups is 2. The Morgan fingerprint density at radius 3 is 2.43 bits per heavy atom. The highest BCUT2D eigenvalue weighted by Gasteiger charge is 2.18. The van der Waals surface area contributed by atoms with Gasteiger partial charge in [-0.15, -0.1) is 0 Å². The molecule has 0 radical (unpaired) electrons. The number of hydrogen-bond donors (Lipinski definition) is 3. The lowest BCUT2D eigenvalue weighted by Crippen LogP contribution is -2.38. The molecule has 1 fully saturated rings. The molecule has 1 aromatic carbocycles. The molecule has 5 nitrogen and oxygen atoms in total. The van der Waals surface area contributed by atoms with Crippen LogP contribution >= 0.6 is 0 Å². The predicted octanol–water partition coefficient (Wildman–Crippen LogP) is 1.67. The highest BCUT2D eigenvalue weighted by atomic mass is 19.1. The molecule has 0 heterocycles. The van der Waals surface area contributed by atoms with Crippen LogP contribution in [0, 0.1) is 11.7 Å². The normalized spacial score (nSPS) is 16.1. The average Bonchev–Trinajstić information content (AvgIpc) is 3.04. The molecule has 0 aromatic heterocycles. The van der Waals surface area contributed by atoms with Gasteiger partial charge in [-0.05, 0) is 36.5 Å². The van der Waals surface area contributed by atoms with Gasteiger partial charge in [0.1, 0.15) is 5.82 Å². The third kappa shape index (κ3) is 5.98. The number of benzene rings is 1. The monoisotopic (exact) mass is 322 g/mol. The van der Waals surface area contributed by atoms with Crippen molar-refractivity contribution in [1.82, 2.24) is 10.6 Å². The smallest absolute Gasteiger partial charge is 0.239 e. The Kier molecular flexibility index (Phi) is 6.52. The Labute approximate surface area is 135 Å². The van der Waals surface area contributed by atoms with Crippen molar-refractivity contribution in [2.45, 2.75) is 38.2 Å². The standard InChI is InChI=1S/C17H23FN2O3/c18-14-7-5-13(6-8-14)15(21)10-19-17(23)11-20-16(22)9-12-3-1-2-4-12/h5-8,12,15,21H,1-4,9-11H2,(H,19,23)(H,20,22). The van der Waals surface area contributed by atoms with Gasteiger partial charge in [0.05, 0.1) is 12.6 Å². The van der Waals surface area contributed by atoms with Crippen LogP contribution in [0.4, 0.5) is 4.39 Å². The molecule has 6 heteroatoms. The molecule has 1 aliphatic carbocycles. The van der Waals surface area contributed by atoms with Gasteiger partial charge in [0.25, 0.3) is 0 Å². The first-order valence-corrected chi connectivity index (χ1v) is 8.01. The highest BCUT2D eigenvalue weighted by molar-refractivity contribution is 5.84. The second-order valence-corrected chi connectivity index (χ2v) is 6.00. The van der Waals surface area contributed by atoms with Gasteiger partial charge in [-0.25, -0.2) is 4.39 Å². The average molecular weight is 322 g/mol. The Hall–Kier alpha value is -1.95. The van der Waals surface area contributed by atoms with Gasteiger partial charge in [0.2, 0.25) is 11.8 Å². The van der Waals surface area contributed by atoms with Crippen molar-refractivity contribution < 1.29 is 19.1 Å². The zero-order valence-electron chi connectivity index (χ0n) is 13.1. The van der Waals surface area contributed by atoms with Crippen LogP contribution < -0.4 is 10.6 Å². The van der Waals surface area contributed by atoms with Gasteiger partial charge in [-0.3, -0.25) is 9.59 Å². The fraction of sp³-hybridized carbons (Fsp3) is 0.529. The zero-order valence-corrected chi connectivity index (χ0v) is 13.1. The number of rotatable bonds is 7.